The zero-order chi connectivity index (χ0) is 19.8. The van der Waals surface area contributed by atoms with E-state index in [2.05, 4.69) is 9.97 Å². The van der Waals surface area contributed by atoms with Gasteiger partial charge in [0.15, 0.2) is 0 Å². The van der Waals surface area contributed by atoms with Gasteiger partial charge in [-0.05, 0) is 38.0 Å². The first-order valence-electron chi connectivity index (χ1n) is 9.17. The molecule has 1 aliphatic heterocycles. The van der Waals surface area contributed by atoms with E-state index in [4.69, 9.17) is 5.11 Å². The van der Waals surface area contributed by atoms with Crippen LogP contribution in [0.5, 0.6) is 0 Å². The number of aromatic carboxylic acids is 1. The molecule has 3 rings (SSSR count). The van der Waals surface area contributed by atoms with Crippen molar-refractivity contribution < 1.29 is 14.7 Å². The van der Waals surface area contributed by atoms with Crippen LogP contribution in [0, 0.1) is 12.3 Å². The minimum Gasteiger partial charge on any atom is -0.478 e. The number of likely N-dealkylation sites (tertiary alicyclic amines) is 1. The fraction of sp³-hybridized carbons (Fsp3) is 0.429. The van der Waals surface area contributed by atoms with Crippen LogP contribution in [0.2, 0.25) is 0 Å². The first-order valence-corrected chi connectivity index (χ1v) is 9.17. The van der Waals surface area contributed by atoms with Crippen molar-refractivity contribution in [1.82, 2.24) is 14.9 Å². The number of aryl methyl sites for hydroxylation is 1. The maximum atomic E-state index is 12.8. The molecule has 0 aliphatic carbocycles. The van der Waals surface area contributed by atoms with Crippen LogP contribution in [0.4, 0.5) is 0 Å². The highest BCUT2D eigenvalue weighted by molar-refractivity contribution is 5.88. The summed E-state index contributed by atoms with van der Waals surface area (Å²) < 4.78 is 0. The summed E-state index contributed by atoms with van der Waals surface area (Å²) in [7, 11) is 0. The molecule has 1 unspecified atom stereocenters. The van der Waals surface area contributed by atoms with Gasteiger partial charge in [-0.3, -0.25) is 4.79 Å². The Morgan fingerprint density at radius 3 is 2.41 bits per heavy atom. The summed E-state index contributed by atoms with van der Waals surface area (Å²) in [5.74, 6) is -0.183. The van der Waals surface area contributed by atoms with Gasteiger partial charge in [0, 0.05) is 17.5 Å². The Hall–Kier alpha value is -2.76. The molecule has 2 aromatic rings. The molecule has 2 heterocycles. The van der Waals surface area contributed by atoms with E-state index in [1.165, 1.54) is 0 Å². The van der Waals surface area contributed by atoms with Crippen LogP contribution in [0.3, 0.4) is 0 Å². The number of carbonyl (C=O) groups is 2. The number of rotatable bonds is 3. The van der Waals surface area contributed by atoms with Gasteiger partial charge in [-0.2, -0.15) is 0 Å². The highest BCUT2D eigenvalue weighted by atomic mass is 16.4. The van der Waals surface area contributed by atoms with Crippen molar-refractivity contribution in [3.8, 4) is 11.3 Å². The smallest absolute Gasteiger partial charge is 0.335 e. The number of carboxylic acid groups (broad SMARTS) is 1. The minimum absolute atomic E-state index is 0.0459. The van der Waals surface area contributed by atoms with Gasteiger partial charge in [0.2, 0.25) is 5.91 Å². The van der Waals surface area contributed by atoms with Gasteiger partial charge >= 0.3 is 5.97 Å². The van der Waals surface area contributed by atoms with Gasteiger partial charge in [-0.15, -0.1) is 0 Å². The summed E-state index contributed by atoms with van der Waals surface area (Å²) >= 11 is 0. The zero-order valence-corrected chi connectivity index (χ0v) is 16.2. The summed E-state index contributed by atoms with van der Waals surface area (Å²) in [6.07, 6.45) is 1.84. The minimum atomic E-state index is -0.955. The van der Waals surface area contributed by atoms with Crippen LogP contribution in [0.15, 0.2) is 30.3 Å². The Bertz CT molecular complexity index is 869. The summed E-state index contributed by atoms with van der Waals surface area (Å²) in [5.41, 5.74) is 2.22. The first-order chi connectivity index (χ1) is 12.7. The molecule has 1 N–H and O–H groups in total. The quantitative estimate of drug-likeness (QED) is 0.890. The Labute approximate surface area is 159 Å². The van der Waals surface area contributed by atoms with Crippen LogP contribution in [0.25, 0.3) is 11.3 Å². The SMILES string of the molecule is Cc1nc(-c2ccc(C(=O)O)cc2)cc(C2CCCN2C(=O)C(C)(C)C)n1. The Morgan fingerprint density at radius 2 is 1.81 bits per heavy atom. The molecular formula is C21H25N3O3. The maximum Gasteiger partial charge on any atom is 0.335 e. The summed E-state index contributed by atoms with van der Waals surface area (Å²) in [4.78, 5) is 34.9. The molecule has 1 amide bonds. The lowest BCUT2D eigenvalue weighted by molar-refractivity contribution is -0.140. The lowest BCUT2D eigenvalue weighted by Crippen LogP contribution is -2.39. The summed E-state index contributed by atoms with van der Waals surface area (Å²) in [5, 5.41) is 9.06. The second-order valence-corrected chi connectivity index (χ2v) is 8.01. The zero-order valence-electron chi connectivity index (χ0n) is 16.2. The van der Waals surface area contributed by atoms with Crippen molar-refractivity contribution >= 4 is 11.9 Å². The molecule has 6 heteroatoms. The highest BCUT2D eigenvalue weighted by Gasteiger charge is 2.36. The van der Waals surface area contributed by atoms with Crippen molar-refractivity contribution in [3.63, 3.8) is 0 Å². The average molecular weight is 367 g/mol. The third-order valence-electron chi connectivity index (χ3n) is 4.78. The Kier molecular flexibility index (Phi) is 5.00. The van der Waals surface area contributed by atoms with Gasteiger partial charge in [0.25, 0.3) is 0 Å². The Balaban J connectivity index is 1.95. The number of nitrogens with zero attached hydrogens (tertiary/aromatic N) is 3. The third-order valence-corrected chi connectivity index (χ3v) is 4.78. The summed E-state index contributed by atoms with van der Waals surface area (Å²) in [6.45, 7) is 8.39. The highest BCUT2D eigenvalue weighted by Crippen LogP contribution is 2.35. The van der Waals surface area contributed by atoms with E-state index >= 15 is 0 Å². The molecule has 1 atom stereocenters. The number of amides is 1. The molecule has 1 aromatic carbocycles. The van der Waals surface area contributed by atoms with Gasteiger partial charge < -0.3 is 10.0 Å². The molecule has 1 saturated heterocycles. The average Bonchev–Trinajstić information content (AvgIpc) is 3.09. The standard InChI is InChI=1S/C21H25N3O3/c1-13-22-16(14-7-9-15(10-8-14)19(25)26)12-17(23-13)18-6-5-11-24(18)20(27)21(2,3)4/h7-10,12,18H,5-6,11H2,1-4H3,(H,25,26). The molecule has 0 spiro atoms. The van der Waals surface area contributed by atoms with Gasteiger partial charge in [0.05, 0.1) is 23.0 Å². The molecule has 1 aromatic heterocycles. The van der Waals surface area contributed by atoms with Crippen molar-refractivity contribution in [2.75, 3.05) is 6.54 Å². The molecule has 1 aliphatic rings. The van der Waals surface area contributed by atoms with Crippen LogP contribution < -0.4 is 0 Å². The summed E-state index contributed by atoms with van der Waals surface area (Å²) in [6, 6.07) is 8.51. The predicted octanol–water partition coefficient (Wildman–Crippen LogP) is 3.86. The van der Waals surface area contributed by atoms with Crippen molar-refractivity contribution in [2.24, 2.45) is 5.41 Å². The fourth-order valence-electron chi connectivity index (χ4n) is 3.44. The van der Waals surface area contributed by atoms with Crippen molar-refractivity contribution in [1.29, 1.82) is 0 Å². The third kappa shape index (κ3) is 3.99. The van der Waals surface area contributed by atoms with Crippen molar-refractivity contribution in [2.45, 2.75) is 46.6 Å². The number of hydrogen-bond donors (Lipinski definition) is 1. The molecule has 6 nitrogen and oxygen atoms in total. The molecule has 27 heavy (non-hydrogen) atoms. The topological polar surface area (TPSA) is 83.4 Å². The van der Waals surface area contributed by atoms with E-state index in [9.17, 15) is 9.59 Å². The van der Waals surface area contributed by atoms with Gasteiger partial charge in [-0.25, -0.2) is 14.8 Å². The number of carbonyl (C=O) groups excluding carboxylic acids is 1. The number of carboxylic acids is 1. The largest absolute Gasteiger partial charge is 0.478 e. The van der Waals surface area contributed by atoms with Gasteiger partial charge in [-0.1, -0.05) is 32.9 Å². The van der Waals surface area contributed by atoms with E-state index < -0.39 is 11.4 Å². The van der Waals surface area contributed by atoms with E-state index in [-0.39, 0.29) is 17.5 Å². The first kappa shape index (κ1) is 19.0. The molecule has 0 saturated carbocycles. The number of hydrogen-bond acceptors (Lipinski definition) is 4. The molecule has 0 radical (unpaired) electrons. The molecule has 142 valence electrons. The molecular weight excluding hydrogens is 342 g/mol. The number of aromatic nitrogens is 2. The lowest BCUT2D eigenvalue weighted by atomic mass is 9.94. The van der Waals surface area contributed by atoms with Crippen LogP contribution >= 0.6 is 0 Å². The predicted molar refractivity (Wildman–Crippen MR) is 102 cm³/mol. The van der Waals surface area contributed by atoms with Crippen LogP contribution in [0.1, 0.15) is 61.5 Å². The molecule has 0 bridgehead atoms. The molecule has 1 fully saturated rings. The number of benzene rings is 1. The monoisotopic (exact) mass is 367 g/mol. The second kappa shape index (κ2) is 7.10. The van der Waals surface area contributed by atoms with E-state index in [1.807, 2.05) is 38.7 Å². The van der Waals surface area contributed by atoms with Gasteiger partial charge in [0.1, 0.15) is 5.82 Å². The normalized spacial score (nSPS) is 17.2. The van der Waals surface area contributed by atoms with Crippen LogP contribution in [-0.4, -0.2) is 38.4 Å². The van der Waals surface area contributed by atoms with E-state index in [0.29, 0.717) is 5.82 Å². The second-order valence-electron chi connectivity index (χ2n) is 8.01. The Morgan fingerprint density at radius 1 is 1.15 bits per heavy atom. The lowest BCUT2D eigenvalue weighted by Gasteiger charge is -2.30. The fourth-order valence-corrected chi connectivity index (χ4v) is 3.44. The van der Waals surface area contributed by atoms with E-state index in [1.54, 1.807) is 24.3 Å². The van der Waals surface area contributed by atoms with E-state index in [0.717, 1.165) is 36.3 Å². The maximum absolute atomic E-state index is 12.8. The van der Waals surface area contributed by atoms with Crippen LogP contribution in [-0.2, 0) is 4.79 Å². The van der Waals surface area contributed by atoms with Crippen molar-refractivity contribution in [3.05, 3.63) is 47.4 Å².